The molecule has 3 aromatic rings. The highest BCUT2D eigenvalue weighted by Crippen LogP contribution is 2.21. The van der Waals surface area contributed by atoms with Crippen LogP contribution in [0, 0.1) is 6.92 Å². The maximum Gasteiger partial charge on any atom is 0.380 e. The number of nitrogens with two attached hydrogens (primary N) is 1. The molecule has 0 saturated carbocycles. The Morgan fingerprint density at radius 2 is 1.70 bits per heavy atom. The Labute approximate surface area is 133 Å². The van der Waals surface area contributed by atoms with Gasteiger partial charge in [0, 0.05) is 5.56 Å². The maximum atomic E-state index is 10.9. The first-order valence-corrected chi connectivity index (χ1v) is 8.20. The van der Waals surface area contributed by atoms with Crippen molar-refractivity contribution in [1.29, 1.82) is 0 Å². The summed E-state index contributed by atoms with van der Waals surface area (Å²) in [6.07, 6.45) is 1.79. The zero-order valence-electron chi connectivity index (χ0n) is 12.2. The zero-order valence-corrected chi connectivity index (χ0v) is 13.1. The number of aryl methyl sites for hydroxylation is 1. The monoisotopic (exact) mass is 330 g/mol. The van der Waals surface area contributed by atoms with Crippen molar-refractivity contribution < 1.29 is 12.6 Å². The molecule has 0 atom stereocenters. The summed E-state index contributed by atoms with van der Waals surface area (Å²) >= 11 is 0. The van der Waals surface area contributed by atoms with Crippen molar-refractivity contribution in [2.24, 2.45) is 5.14 Å². The van der Waals surface area contributed by atoms with E-state index in [1.807, 2.05) is 31.2 Å². The molecule has 118 valence electrons. The first-order chi connectivity index (χ1) is 10.9. The molecule has 0 aliphatic rings. The van der Waals surface area contributed by atoms with Crippen LogP contribution in [0.1, 0.15) is 5.56 Å². The third-order valence-corrected chi connectivity index (χ3v) is 3.58. The lowest BCUT2D eigenvalue weighted by molar-refractivity contribution is 0.488. The molecule has 7 nitrogen and oxygen atoms in total. The molecule has 8 heteroatoms. The quantitative estimate of drug-likeness (QED) is 0.786. The van der Waals surface area contributed by atoms with Crippen LogP contribution in [-0.4, -0.2) is 23.4 Å². The van der Waals surface area contributed by atoms with E-state index in [1.54, 1.807) is 23.0 Å². The van der Waals surface area contributed by atoms with Gasteiger partial charge in [-0.1, -0.05) is 22.9 Å². The fourth-order valence-corrected chi connectivity index (χ4v) is 2.41. The van der Waals surface area contributed by atoms with Gasteiger partial charge in [-0.25, -0.2) is 4.68 Å². The van der Waals surface area contributed by atoms with Crippen LogP contribution in [0.4, 0.5) is 0 Å². The second-order valence-electron chi connectivity index (χ2n) is 4.98. The molecule has 2 N–H and O–H groups in total. The number of hydrogen-bond acceptors (Lipinski definition) is 5. The molecule has 0 fully saturated rings. The van der Waals surface area contributed by atoms with E-state index >= 15 is 0 Å². The lowest BCUT2D eigenvalue weighted by Gasteiger charge is -2.02. The molecule has 0 bridgehead atoms. The summed E-state index contributed by atoms with van der Waals surface area (Å²) in [5.41, 5.74) is 3.51. The zero-order chi connectivity index (χ0) is 16.4. The van der Waals surface area contributed by atoms with Gasteiger partial charge >= 0.3 is 10.3 Å². The van der Waals surface area contributed by atoms with E-state index in [9.17, 15) is 8.42 Å². The molecule has 3 rings (SSSR count). The lowest BCUT2D eigenvalue weighted by atomic mass is 10.1. The summed E-state index contributed by atoms with van der Waals surface area (Å²) in [6, 6.07) is 14.3. The second kappa shape index (κ2) is 5.82. The number of hydrogen-bond donors (Lipinski definition) is 1. The van der Waals surface area contributed by atoms with Gasteiger partial charge in [0.15, 0.2) is 0 Å². The molecule has 0 amide bonds. The van der Waals surface area contributed by atoms with Crippen LogP contribution in [0.3, 0.4) is 0 Å². The third kappa shape index (κ3) is 3.74. The molecule has 0 aliphatic heterocycles. The molecule has 0 unspecified atom stereocenters. The van der Waals surface area contributed by atoms with Crippen LogP contribution >= 0.6 is 0 Å². The van der Waals surface area contributed by atoms with Crippen LogP contribution in [0.15, 0.2) is 54.7 Å². The van der Waals surface area contributed by atoms with E-state index in [0.29, 0.717) is 5.69 Å². The highest BCUT2D eigenvalue weighted by Gasteiger charge is 2.08. The smallest absolute Gasteiger partial charge is 0.371 e. The van der Waals surface area contributed by atoms with Crippen molar-refractivity contribution >= 4 is 10.3 Å². The largest absolute Gasteiger partial charge is 0.380 e. The summed E-state index contributed by atoms with van der Waals surface area (Å²) in [7, 11) is -4.02. The van der Waals surface area contributed by atoms with E-state index in [4.69, 9.17) is 5.14 Å². The van der Waals surface area contributed by atoms with E-state index in [-0.39, 0.29) is 5.75 Å². The van der Waals surface area contributed by atoms with Gasteiger partial charge in [-0.3, -0.25) is 0 Å². The number of aromatic nitrogens is 3. The van der Waals surface area contributed by atoms with Gasteiger partial charge in [-0.2, -0.15) is 13.6 Å². The average Bonchev–Trinajstić information content (AvgIpc) is 2.97. The molecule has 1 heterocycles. The van der Waals surface area contributed by atoms with Gasteiger partial charge in [0.25, 0.3) is 0 Å². The normalized spacial score (nSPS) is 11.4. The predicted octanol–water partition coefficient (Wildman–Crippen LogP) is 1.83. The average molecular weight is 330 g/mol. The number of rotatable bonds is 4. The van der Waals surface area contributed by atoms with E-state index in [0.717, 1.165) is 11.3 Å². The molecule has 1 aromatic heterocycles. The number of benzene rings is 2. The fraction of sp³-hybridized carbons (Fsp3) is 0.0667. The summed E-state index contributed by atoms with van der Waals surface area (Å²) in [5, 5.41) is 13.0. The molecule has 0 saturated heterocycles. The van der Waals surface area contributed by atoms with E-state index in [1.165, 1.54) is 17.7 Å². The first kappa shape index (κ1) is 15.2. The predicted molar refractivity (Wildman–Crippen MR) is 85.3 cm³/mol. The Balaban J connectivity index is 1.84. The van der Waals surface area contributed by atoms with Crippen molar-refractivity contribution in [3.8, 4) is 22.7 Å². The fourth-order valence-electron chi connectivity index (χ4n) is 2.04. The minimum Gasteiger partial charge on any atom is -0.371 e. The van der Waals surface area contributed by atoms with Crippen LogP contribution in [0.25, 0.3) is 16.9 Å². The van der Waals surface area contributed by atoms with Crippen molar-refractivity contribution in [2.75, 3.05) is 0 Å². The lowest BCUT2D eigenvalue weighted by Crippen LogP contribution is -2.18. The summed E-state index contributed by atoms with van der Waals surface area (Å²) in [6.45, 7) is 2.02. The maximum absolute atomic E-state index is 10.9. The first-order valence-electron chi connectivity index (χ1n) is 6.73. The van der Waals surface area contributed by atoms with Gasteiger partial charge in [-0.05, 0) is 43.3 Å². The molecule has 0 aliphatic carbocycles. The Kier molecular flexibility index (Phi) is 3.85. The third-order valence-electron chi connectivity index (χ3n) is 3.15. The molecular formula is C15H14N4O3S. The molecule has 2 aromatic carbocycles. The van der Waals surface area contributed by atoms with E-state index in [2.05, 4.69) is 14.5 Å². The van der Waals surface area contributed by atoms with Crippen molar-refractivity contribution in [1.82, 2.24) is 15.0 Å². The standard InChI is InChI=1S/C15H14N4O3S/c1-11-2-6-13(7-3-11)19-10-15(17-18-19)12-4-8-14(9-5-12)22-23(16,20)21/h2-10H,1H3,(H2,16,20,21). The summed E-state index contributed by atoms with van der Waals surface area (Å²) in [4.78, 5) is 0. The van der Waals surface area contributed by atoms with Crippen molar-refractivity contribution in [3.63, 3.8) is 0 Å². The molecule has 0 radical (unpaired) electrons. The minimum atomic E-state index is -4.02. The van der Waals surface area contributed by atoms with Crippen LogP contribution in [0.5, 0.6) is 5.75 Å². The van der Waals surface area contributed by atoms with Crippen molar-refractivity contribution in [2.45, 2.75) is 6.92 Å². The van der Waals surface area contributed by atoms with Crippen LogP contribution < -0.4 is 9.32 Å². The van der Waals surface area contributed by atoms with Gasteiger partial charge in [-0.15, -0.1) is 5.10 Å². The Bertz CT molecular complexity index is 916. The van der Waals surface area contributed by atoms with Gasteiger partial charge in [0.2, 0.25) is 0 Å². The van der Waals surface area contributed by atoms with Crippen LogP contribution in [-0.2, 0) is 10.3 Å². The van der Waals surface area contributed by atoms with Crippen molar-refractivity contribution in [3.05, 3.63) is 60.3 Å². The highest BCUT2D eigenvalue weighted by atomic mass is 32.2. The van der Waals surface area contributed by atoms with Crippen LogP contribution in [0.2, 0.25) is 0 Å². The van der Waals surface area contributed by atoms with Gasteiger partial charge in [0.1, 0.15) is 11.4 Å². The Morgan fingerprint density at radius 1 is 1.04 bits per heavy atom. The molecule has 23 heavy (non-hydrogen) atoms. The summed E-state index contributed by atoms with van der Waals surface area (Å²) < 4.78 is 28.0. The van der Waals surface area contributed by atoms with Gasteiger partial charge in [0.05, 0.1) is 11.9 Å². The van der Waals surface area contributed by atoms with E-state index < -0.39 is 10.3 Å². The number of nitrogens with zero attached hydrogens (tertiary/aromatic N) is 3. The highest BCUT2D eigenvalue weighted by molar-refractivity contribution is 7.84. The summed E-state index contributed by atoms with van der Waals surface area (Å²) in [5.74, 6) is 0.141. The molecule has 0 spiro atoms. The Morgan fingerprint density at radius 3 is 2.30 bits per heavy atom. The SMILES string of the molecule is Cc1ccc(-n2cc(-c3ccc(OS(N)(=O)=O)cc3)nn2)cc1. The molecular weight excluding hydrogens is 316 g/mol. The second-order valence-corrected chi connectivity index (χ2v) is 6.14. The Hall–Kier alpha value is -2.71. The minimum absolute atomic E-state index is 0.141. The topological polar surface area (TPSA) is 100 Å². The van der Waals surface area contributed by atoms with Gasteiger partial charge < -0.3 is 4.18 Å².